The molecule has 0 aliphatic carbocycles. The summed E-state index contributed by atoms with van der Waals surface area (Å²) in [6, 6.07) is 1.84. The molecule has 7 heteroatoms. The standard InChI is InChI=1S/C13H16N4O2S/c1-16-5-4-9(15-16)7-11-12(18)17(13(20)14-11)8-10-3-2-6-19-10/h4-5,7,10H,2-3,6,8H2,1H3,(H,14,20)/b11-7+. The second-order valence-corrected chi connectivity index (χ2v) is 5.34. The summed E-state index contributed by atoms with van der Waals surface area (Å²) in [7, 11) is 1.83. The first-order valence-corrected chi connectivity index (χ1v) is 7.00. The molecule has 1 atom stereocenters. The van der Waals surface area contributed by atoms with E-state index in [2.05, 4.69) is 10.4 Å². The van der Waals surface area contributed by atoms with Crippen LogP contribution in [0.2, 0.25) is 0 Å². The van der Waals surface area contributed by atoms with Crippen molar-refractivity contribution in [3.8, 4) is 0 Å². The molecule has 0 saturated carbocycles. The molecule has 3 rings (SSSR count). The van der Waals surface area contributed by atoms with Gasteiger partial charge in [-0.15, -0.1) is 0 Å². The average molecular weight is 292 g/mol. The van der Waals surface area contributed by atoms with Crippen LogP contribution in [0.15, 0.2) is 18.0 Å². The van der Waals surface area contributed by atoms with Crippen molar-refractivity contribution < 1.29 is 9.53 Å². The van der Waals surface area contributed by atoms with Crippen molar-refractivity contribution in [3.63, 3.8) is 0 Å². The molecule has 2 saturated heterocycles. The summed E-state index contributed by atoms with van der Waals surface area (Å²) < 4.78 is 7.24. The number of carbonyl (C=O) groups is 1. The lowest BCUT2D eigenvalue weighted by Gasteiger charge is -2.18. The van der Waals surface area contributed by atoms with Gasteiger partial charge < -0.3 is 10.1 Å². The Labute approximate surface area is 122 Å². The molecule has 20 heavy (non-hydrogen) atoms. The molecule has 3 heterocycles. The quantitative estimate of drug-likeness (QED) is 0.655. The fourth-order valence-electron chi connectivity index (χ4n) is 2.39. The van der Waals surface area contributed by atoms with Gasteiger partial charge in [0.1, 0.15) is 5.70 Å². The van der Waals surface area contributed by atoms with Crippen molar-refractivity contribution in [2.75, 3.05) is 13.2 Å². The Morgan fingerprint density at radius 1 is 1.65 bits per heavy atom. The third-order valence-corrected chi connectivity index (χ3v) is 3.72. The van der Waals surface area contributed by atoms with Gasteiger partial charge in [-0.25, -0.2) is 0 Å². The topological polar surface area (TPSA) is 59.4 Å². The smallest absolute Gasteiger partial charge is 0.276 e. The summed E-state index contributed by atoms with van der Waals surface area (Å²) in [5, 5.41) is 7.61. The molecule has 0 bridgehead atoms. The molecule has 1 aromatic rings. The lowest BCUT2D eigenvalue weighted by molar-refractivity contribution is -0.123. The van der Waals surface area contributed by atoms with Crippen LogP contribution in [0, 0.1) is 0 Å². The van der Waals surface area contributed by atoms with E-state index in [1.165, 1.54) is 0 Å². The van der Waals surface area contributed by atoms with Gasteiger partial charge in [0, 0.05) is 19.9 Å². The molecule has 0 spiro atoms. The van der Waals surface area contributed by atoms with Crippen LogP contribution in [0.1, 0.15) is 18.5 Å². The van der Waals surface area contributed by atoms with Gasteiger partial charge >= 0.3 is 0 Å². The third-order valence-electron chi connectivity index (χ3n) is 3.40. The molecule has 1 N–H and O–H groups in total. The number of nitrogens with zero attached hydrogens (tertiary/aromatic N) is 3. The van der Waals surface area contributed by atoms with Crippen LogP contribution in [0.25, 0.3) is 6.08 Å². The van der Waals surface area contributed by atoms with Gasteiger partial charge in [-0.3, -0.25) is 14.4 Å². The fourth-order valence-corrected chi connectivity index (χ4v) is 2.65. The summed E-state index contributed by atoms with van der Waals surface area (Å²) in [6.07, 6.45) is 5.65. The average Bonchev–Trinajstić information content (AvgIpc) is 3.10. The summed E-state index contributed by atoms with van der Waals surface area (Å²) >= 11 is 5.22. The van der Waals surface area contributed by atoms with Crippen LogP contribution in [-0.2, 0) is 16.6 Å². The molecular weight excluding hydrogens is 276 g/mol. The number of amides is 1. The van der Waals surface area contributed by atoms with Crippen LogP contribution in [0.5, 0.6) is 0 Å². The van der Waals surface area contributed by atoms with Gasteiger partial charge in [0.25, 0.3) is 5.91 Å². The Morgan fingerprint density at radius 3 is 3.15 bits per heavy atom. The maximum Gasteiger partial charge on any atom is 0.276 e. The lowest BCUT2D eigenvalue weighted by atomic mass is 10.2. The van der Waals surface area contributed by atoms with E-state index in [1.807, 2.05) is 19.3 Å². The van der Waals surface area contributed by atoms with Crippen molar-refractivity contribution in [3.05, 3.63) is 23.7 Å². The van der Waals surface area contributed by atoms with Gasteiger partial charge in [-0.1, -0.05) is 0 Å². The fraction of sp³-hybridized carbons (Fsp3) is 0.462. The Morgan fingerprint density at radius 2 is 2.50 bits per heavy atom. The zero-order valence-electron chi connectivity index (χ0n) is 11.2. The first-order valence-electron chi connectivity index (χ1n) is 6.59. The Kier molecular flexibility index (Phi) is 3.54. The van der Waals surface area contributed by atoms with Crippen LogP contribution >= 0.6 is 12.2 Å². The number of aromatic nitrogens is 2. The summed E-state index contributed by atoms with van der Waals surface area (Å²) in [5.74, 6) is -0.115. The maximum absolute atomic E-state index is 12.3. The molecule has 0 aromatic carbocycles. The zero-order valence-corrected chi connectivity index (χ0v) is 12.0. The van der Waals surface area contributed by atoms with Crippen molar-refractivity contribution in [2.24, 2.45) is 7.05 Å². The van der Waals surface area contributed by atoms with E-state index in [0.717, 1.165) is 25.1 Å². The minimum absolute atomic E-state index is 0.0906. The number of ether oxygens (including phenoxy) is 1. The maximum atomic E-state index is 12.3. The molecule has 0 radical (unpaired) electrons. The molecule has 2 fully saturated rings. The molecule has 1 amide bonds. The second-order valence-electron chi connectivity index (χ2n) is 4.95. The van der Waals surface area contributed by atoms with Crippen LogP contribution in [0.3, 0.4) is 0 Å². The minimum atomic E-state index is -0.115. The number of nitrogens with one attached hydrogen (secondary N) is 1. The third kappa shape index (κ3) is 2.59. The van der Waals surface area contributed by atoms with E-state index >= 15 is 0 Å². The van der Waals surface area contributed by atoms with E-state index in [9.17, 15) is 4.79 Å². The molecular formula is C13H16N4O2S. The highest BCUT2D eigenvalue weighted by Crippen LogP contribution is 2.18. The van der Waals surface area contributed by atoms with Crippen LogP contribution in [-0.4, -0.2) is 45.0 Å². The second kappa shape index (κ2) is 5.34. The number of rotatable bonds is 3. The number of carbonyl (C=O) groups excluding carboxylic acids is 1. The number of hydrogen-bond donors (Lipinski definition) is 1. The number of hydrogen-bond acceptors (Lipinski definition) is 4. The van der Waals surface area contributed by atoms with Gasteiger partial charge in [0.2, 0.25) is 0 Å². The van der Waals surface area contributed by atoms with Gasteiger partial charge in [-0.2, -0.15) is 5.10 Å². The normalized spacial score (nSPS) is 24.8. The number of thiocarbonyl (C=S) groups is 1. The Balaban J connectivity index is 1.74. The highest BCUT2D eigenvalue weighted by molar-refractivity contribution is 7.80. The first-order chi connectivity index (χ1) is 9.63. The van der Waals surface area contributed by atoms with E-state index < -0.39 is 0 Å². The minimum Gasteiger partial charge on any atom is -0.376 e. The van der Waals surface area contributed by atoms with Gasteiger partial charge in [-0.05, 0) is 37.2 Å². The largest absolute Gasteiger partial charge is 0.376 e. The summed E-state index contributed by atoms with van der Waals surface area (Å²) in [5.41, 5.74) is 1.19. The highest BCUT2D eigenvalue weighted by Gasteiger charge is 2.33. The Hall–Kier alpha value is -1.73. The molecule has 6 nitrogen and oxygen atoms in total. The number of aryl methyl sites for hydroxylation is 1. The first kappa shape index (κ1) is 13.3. The molecule has 1 unspecified atom stereocenters. The Bertz CT molecular complexity index is 575. The van der Waals surface area contributed by atoms with Crippen molar-refractivity contribution >= 4 is 29.3 Å². The predicted octanol–water partition coefficient (Wildman–Crippen LogP) is 0.657. The van der Waals surface area contributed by atoms with E-state index in [0.29, 0.717) is 17.4 Å². The molecule has 1 aromatic heterocycles. The van der Waals surface area contributed by atoms with E-state index in [-0.39, 0.29) is 12.0 Å². The van der Waals surface area contributed by atoms with Gasteiger partial charge in [0.05, 0.1) is 18.3 Å². The van der Waals surface area contributed by atoms with Crippen LogP contribution in [0.4, 0.5) is 0 Å². The molecule has 2 aliphatic rings. The monoisotopic (exact) mass is 292 g/mol. The molecule has 2 aliphatic heterocycles. The highest BCUT2D eigenvalue weighted by atomic mass is 32.1. The predicted molar refractivity (Wildman–Crippen MR) is 77.6 cm³/mol. The van der Waals surface area contributed by atoms with Crippen molar-refractivity contribution in [1.82, 2.24) is 20.0 Å². The zero-order chi connectivity index (χ0) is 14.1. The summed E-state index contributed by atoms with van der Waals surface area (Å²) in [6.45, 7) is 1.29. The van der Waals surface area contributed by atoms with E-state index in [1.54, 1.807) is 15.7 Å². The van der Waals surface area contributed by atoms with E-state index in [4.69, 9.17) is 17.0 Å². The summed E-state index contributed by atoms with van der Waals surface area (Å²) in [4.78, 5) is 13.9. The van der Waals surface area contributed by atoms with Crippen LogP contribution < -0.4 is 5.32 Å². The SMILES string of the molecule is Cn1ccc(/C=C2/NC(=S)N(CC3CCCO3)C2=O)n1. The van der Waals surface area contributed by atoms with Crippen molar-refractivity contribution in [2.45, 2.75) is 18.9 Å². The lowest BCUT2D eigenvalue weighted by Crippen LogP contribution is -2.37. The van der Waals surface area contributed by atoms with Crippen molar-refractivity contribution in [1.29, 1.82) is 0 Å². The molecule has 106 valence electrons. The van der Waals surface area contributed by atoms with Gasteiger partial charge in [0.15, 0.2) is 5.11 Å².